The first-order valence-corrected chi connectivity index (χ1v) is 14.2. The minimum Gasteiger partial charge on any atom is -0.339 e. The van der Waals surface area contributed by atoms with Gasteiger partial charge in [0.25, 0.3) is 5.91 Å². The summed E-state index contributed by atoms with van der Waals surface area (Å²) < 4.78 is 0. The summed E-state index contributed by atoms with van der Waals surface area (Å²) in [6.07, 6.45) is 13.1. The van der Waals surface area contributed by atoms with Crippen LogP contribution in [0.2, 0.25) is 5.02 Å². The van der Waals surface area contributed by atoms with Gasteiger partial charge in [0, 0.05) is 31.6 Å². The molecule has 1 aromatic rings. The highest BCUT2D eigenvalue weighted by Crippen LogP contribution is 2.47. The van der Waals surface area contributed by atoms with E-state index in [2.05, 4.69) is 10.2 Å². The molecule has 4 amide bonds. The highest BCUT2D eigenvalue weighted by Gasteiger charge is 2.39. The molecule has 8 heteroatoms. The van der Waals surface area contributed by atoms with Crippen molar-refractivity contribution in [3.05, 3.63) is 28.8 Å². The number of imide groups is 1. The summed E-state index contributed by atoms with van der Waals surface area (Å²) >= 11 is 6.36. The van der Waals surface area contributed by atoms with E-state index in [0.717, 1.165) is 31.8 Å². The minimum atomic E-state index is -0.496. The predicted octanol–water partition coefficient (Wildman–Crippen LogP) is 5.07. The number of benzene rings is 1. The number of likely N-dealkylation sites (tertiary alicyclic amines) is 2. The first-order valence-electron chi connectivity index (χ1n) is 13.9. The van der Waals surface area contributed by atoms with E-state index in [9.17, 15) is 14.4 Å². The number of amides is 4. The minimum absolute atomic E-state index is 0.00789. The summed E-state index contributed by atoms with van der Waals surface area (Å²) in [5.41, 5.74) is 1.42. The van der Waals surface area contributed by atoms with Crippen molar-refractivity contribution in [1.82, 2.24) is 15.1 Å². The number of hydrogen-bond acceptors (Lipinski definition) is 4. The van der Waals surface area contributed by atoms with E-state index in [-0.39, 0.29) is 24.8 Å². The second-order valence-electron chi connectivity index (χ2n) is 11.3. The molecule has 0 unspecified atom stereocenters. The van der Waals surface area contributed by atoms with Gasteiger partial charge in [-0.1, -0.05) is 18.0 Å². The number of halogens is 1. The number of urea groups is 1. The van der Waals surface area contributed by atoms with E-state index in [1.165, 1.54) is 75.9 Å². The van der Waals surface area contributed by atoms with Gasteiger partial charge in [-0.25, -0.2) is 4.79 Å². The topological polar surface area (TPSA) is 73.0 Å². The highest BCUT2D eigenvalue weighted by atomic mass is 35.5. The zero-order chi connectivity index (χ0) is 25.1. The maximum Gasteiger partial charge on any atom is 0.328 e. The van der Waals surface area contributed by atoms with Crippen LogP contribution in [0.15, 0.2) is 18.2 Å². The fraction of sp³-hybridized carbons (Fsp3) is 0.679. The van der Waals surface area contributed by atoms with Crippen LogP contribution >= 0.6 is 11.6 Å². The summed E-state index contributed by atoms with van der Waals surface area (Å²) in [5.74, 6) is 0.566. The number of rotatable bonds is 5. The summed E-state index contributed by atoms with van der Waals surface area (Å²) in [6, 6.07) is 4.60. The maximum absolute atomic E-state index is 13.3. The summed E-state index contributed by atoms with van der Waals surface area (Å²) in [7, 11) is 0. The third-order valence-corrected chi connectivity index (χ3v) is 9.44. The normalized spacial score (nSPS) is 23.7. The SMILES string of the molecule is O=C1CCN(c2cc(C(=O)N3CCC4(CCC(CCN5CCCCC5)CC4)CC3)ccc2Cl)C(=O)N1. The zero-order valence-electron chi connectivity index (χ0n) is 21.3. The second-order valence-corrected chi connectivity index (χ2v) is 11.8. The van der Waals surface area contributed by atoms with Crippen molar-refractivity contribution in [3.63, 3.8) is 0 Å². The number of piperidine rings is 2. The Kier molecular flexibility index (Phi) is 7.87. The van der Waals surface area contributed by atoms with E-state index in [1.807, 2.05) is 4.90 Å². The van der Waals surface area contributed by atoms with Crippen LogP contribution in [0.3, 0.4) is 0 Å². The number of carbonyl (C=O) groups excluding carboxylic acids is 3. The Morgan fingerprint density at radius 1 is 0.972 bits per heavy atom. The molecule has 0 bridgehead atoms. The lowest BCUT2D eigenvalue weighted by Gasteiger charge is -2.46. The Morgan fingerprint density at radius 2 is 1.69 bits per heavy atom. The van der Waals surface area contributed by atoms with Gasteiger partial charge in [0.15, 0.2) is 0 Å². The molecule has 1 N–H and O–H groups in total. The Balaban J connectivity index is 1.13. The average molecular weight is 515 g/mol. The lowest BCUT2D eigenvalue weighted by molar-refractivity contribution is -0.120. The largest absolute Gasteiger partial charge is 0.339 e. The van der Waals surface area contributed by atoms with Crippen molar-refractivity contribution in [2.24, 2.45) is 11.3 Å². The van der Waals surface area contributed by atoms with Gasteiger partial charge in [-0.15, -0.1) is 0 Å². The van der Waals surface area contributed by atoms with E-state index in [1.54, 1.807) is 18.2 Å². The molecule has 3 aliphatic heterocycles. The molecule has 196 valence electrons. The molecule has 0 aromatic heterocycles. The Morgan fingerprint density at radius 3 is 2.39 bits per heavy atom. The van der Waals surface area contributed by atoms with E-state index in [4.69, 9.17) is 11.6 Å². The summed E-state index contributed by atoms with van der Waals surface area (Å²) in [4.78, 5) is 43.2. The van der Waals surface area contributed by atoms with Gasteiger partial charge in [-0.05, 0) is 107 Å². The van der Waals surface area contributed by atoms with E-state index < -0.39 is 6.03 Å². The van der Waals surface area contributed by atoms with Crippen LogP contribution in [0, 0.1) is 11.3 Å². The molecule has 3 heterocycles. The maximum atomic E-state index is 13.3. The molecule has 1 spiro atoms. The van der Waals surface area contributed by atoms with Gasteiger partial charge in [0.1, 0.15) is 0 Å². The third kappa shape index (κ3) is 5.72. The monoisotopic (exact) mass is 514 g/mol. The van der Waals surface area contributed by atoms with Crippen LogP contribution in [0.1, 0.15) is 81.0 Å². The first-order chi connectivity index (χ1) is 17.4. The van der Waals surface area contributed by atoms with Crippen molar-refractivity contribution in [2.45, 2.75) is 70.6 Å². The van der Waals surface area contributed by atoms with Gasteiger partial charge in [0.2, 0.25) is 5.91 Å². The molecular formula is C28H39ClN4O3. The lowest BCUT2D eigenvalue weighted by atomic mass is 9.65. The highest BCUT2D eigenvalue weighted by molar-refractivity contribution is 6.34. The molecule has 36 heavy (non-hydrogen) atoms. The van der Waals surface area contributed by atoms with E-state index in [0.29, 0.717) is 21.7 Å². The quantitative estimate of drug-likeness (QED) is 0.595. The molecule has 1 aromatic carbocycles. The van der Waals surface area contributed by atoms with Crippen LogP contribution in [0.5, 0.6) is 0 Å². The average Bonchev–Trinajstić information content (AvgIpc) is 2.90. The van der Waals surface area contributed by atoms with Crippen LogP contribution in [0.4, 0.5) is 10.5 Å². The standard InChI is InChI=1S/C28H39ClN4O3/c29-23-5-4-22(20-24(23)33-17-9-25(34)30-27(33)36)26(35)32-18-12-28(13-19-32)10-6-21(7-11-28)8-16-31-14-2-1-3-15-31/h4-5,20-21H,1-3,6-19H2,(H,30,34,36). The van der Waals surface area contributed by atoms with Gasteiger partial charge < -0.3 is 9.80 Å². The fourth-order valence-electron chi connectivity index (χ4n) is 6.64. The number of carbonyl (C=O) groups is 3. The van der Waals surface area contributed by atoms with Crippen LogP contribution in [-0.4, -0.2) is 66.9 Å². The predicted molar refractivity (Wildman–Crippen MR) is 141 cm³/mol. The molecule has 3 saturated heterocycles. The van der Waals surface area contributed by atoms with Crippen molar-refractivity contribution in [1.29, 1.82) is 0 Å². The molecular weight excluding hydrogens is 476 g/mol. The Labute approximate surface area is 219 Å². The van der Waals surface area contributed by atoms with Crippen LogP contribution in [-0.2, 0) is 4.79 Å². The van der Waals surface area contributed by atoms with Crippen molar-refractivity contribution in [2.75, 3.05) is 44.2 Å². The number of nitrogens with one attached hydrogen (secondary N) is 1. The third-order valence-electron chi connectivity index (χ3n) is 9.12. The molecule has 1 saturated carbocycles. The first kappa shape index (κ1) is 25.5. The van der Waals surface area contributed by atoms with Crippen molar-refractivity contribution < 1.29 is 14.4 Å². The van der Waals surface area contributed by atoms with Gasteiger partial charge in [-0.2, -0.15) is 0 Å². The van der Waals surface area contributed by atoms with Crippen molar-refractivity contribution in [3.8, 4) is 0 Å². The Hall–Kier alpha value is -2.12. The molecule has 5 rings (SSSR count). The fourth-order valence-corrected chi connectivity index (χ4v) is 6.86. The molecule has 1 aliphatic carbocycles. The van der Waals surface area contributed by atoms with Crippen LogP contribution in [0.25, 0.3) is 0 Å². The van der Waals surface area contributed by atoms with Crippen LogP contribution < -0.4 is 10.2 Å². The number of nitrogens with zero attached hydrogens (tertiary/aromatic N) is 3. The second kappa shape index (κ2) is 11.1. The number of anilines is 1. The molecule has 4 aliphatic rings. The number of hydrogen-bond donors (Lipinski definition) is 1. The summed E-state index contributed by atoms with van der Waals surface area (Å²) in [5, 5.41) is 2.71. The lowest BCUT2D eigenvalue weighted by Crippen LogP contribution is -2.49. The summed E-state index contributed by atoms with van der Waals surface area (Å²) in [6.45, 7) is 5.69. The molecule has 4 fully saturated rings. The zero-order valence-corrected chi connectivity index (χ0v) is 22.0. The molecule has 0 radical (unpaired) electrons. The van der Waals surface area contributed by atoms with Crippen molar-refractivity contribution >= 4 is 35.1 Å². The van der Waals surface area contributed by atoms with E-state index >= 15 is 0 Å². The Bertz CT molecular complexity index is 975. The smallest absolute Gasteiger partial charge is 0.328 e. The van der Waals surface area contributed by atoms with Gasteiger partial charge in [0.05, 0.1) is 10.7 Å². The molecule has 7 nitrogen and oxygen atoms in total. The van der Waals surface area contributed by atoms with Gasteiger partial charge >= 0.3 is 6.03 Å². The molecule has 0 atom stereocenters. The van der Waals surface area contributed by atoms with Gasteiger partial charge in [-0.3, -0.25) is 19.8 Å².